The van der Waals surface area contributed by atoms with Crippen LogP contribution in [0.1, 0.15) is 18.1 Å². The number of hydrogen-bond donors (Lipinski definition) is 2. The van der Waals surface area contributed by atoms with E-state index in [1.807, 2.05) is 60.8 Å². The SMILES string of the molecule is CCNCc1ccc(-c2cc3nccc(Nc4cccc(OCc5ccc(OC)cc5)c4)c3s2)cc1. The number of thiophene rings is 1. The zero-order valence-corrected chi connectivity index (χ0v) is 21.3. The highest BCUT2D eigenvalue weighted by molar-refractivity contribution is 7.22. The van der Waals surface area contributed by atoms with Crippen LogP contribution in [0.4, 0.5) is 11.4 Å². The minimum absolute atomic E-state index is 0.495. The summed E-state index contributed by atoms with van der Waals surface area (Å²) in [5.41, 5.74) is 6.58. The van der Waals surface area contributed by atoms with Crippen LogP contribution in [0.2, 0.25) is 0 Å². The minimum atomic E-state index is 0.495. The molecular formula is C30H29N3O2S. The number of nitrogens with zero attached hydrogens (tertiary/aromatic N) is 1. The summed E-state index contributed by atoms with van der Waals surface area (Å²) in [6.45, 7) is 4.48. The molecule has 0 unspecified atom stereocenters. The summed E-state index contributed by atoms with van der Waals surface area (Å²) < 4.78 is 12.4. The van der Waals surface area contributed by atoms with Crippen molar-refractivity contribution in [1.82, 2.24) is 10.3 Å². The van der Waals surface area contributed by atoms with Crippen molar-refractivity contribution in [2.24, 2.45) is 0 Å². The molecule has 2 heterocycles. The van der Waals surface area contributed by atoms with Crippen molar-refractivity contribution in [2.75, 3.05) is 19.0 Å². The summed E-state index contributed by atoms with van der Waals surface area (Å²) in [6.07, 6.45) is 1.85. The first-order valence-corrected chi connectivity index (χ1v) is 12.8. The molecule has 182 valence electrons. The molecule has 0 aliphatic rings. The van der Waals surface area contributed by atoms with Crippen LogP contribution >= 0.6 is 11.3 Å². The molecule has 0 spiro atoms. The van der Waals surface area contributed by atoms with E-state index in [1.165, 1.54) is 16.0 Å². The van der Waals surface area contributed by atoms with Gasteiger partial charge in [0, 0.05) is 29.4 Å². The number of ether oxygens (including phenoxy) is 2. The Morgan fingerprint density at radius 1 is 0.861 bits per heavy atom. The predicted octanol–water partition coefficient (Wildman–Crippen LogP) is 7.40. The molecule has 3 aromatic carbocycles. The molecular weight excluding hydrogens is 466 g/mol. The first-order valence-electron chi connectivity index (χ1n) is 12.0. The van der Waals surface area contributed by atoms with E-state index in [0.717, 1.165) is 51.7 Å². The third-order valence-corrected chi connectivity index (χ3v) is 7.11. The van der Waals surface area contributed by atoms with Gasteiger partial charge in [-0.25, -0.2) is 0 Å². The van der Waals surface area contributed by atoms with Crippen LogP contribution in [0.5, 0.6) is 11.5 Å². The maximum Gasteiger partial charge on any atom is 0.121 e. The smallest absolute Gasteiger partial charge is 0.121 e. The first-order chi connectivity index (χ1) is 17.7. The third kappa shape index (κ3) is 5.67. The number of pyridine rings is 1. The van der Waals surface area contributed by atoms with Crippen molar-refractivity contribution in [2.45, 2.75) is 20.1 Å². The molecule has 2 N–H and O–H groups in total. The molecule has 36 heavy (non-hydrogen) atoms. The van der Waals surface area contributed by atoms with E-state index in [4.69, 9.17) is 9.47 Å². The summed E-state index contributed by atoms with van der Waals surface area (Å²) in [7, 11) is 1.67. The van der Waals surface area contributed by atoms with Gasteiger partial charge >= 0.3 is 0 Å². The van der Waals surface area contributed by atoms with Gasteiger partial charge in [-0.1, -0.05) is 49.4 Å². The maximum atomic E-state index is 6.03. The van der Waals surface area contributed by atoms with Crippen molar-refractivity contribution < 1.29 is 9.47 Å². The normalized spacial score (nSPS) is 10.9. The molecule has 5 rings (SSSR count). The van der Waals surface area contributed by atoms with Gasteiger partial charge in [0.25, 0.3) is 0 Å². The molecule has 0 fully saturated rings. The lowest BCUT2D eigenvalue weighted by molar-refractivity contribution is 0.306. The van der Waals surface area contributed by atoms with E-state index >= 15 is 0 Å². The molecule has 0 radical (unpaired) electrons. The lowest BCUT2D eigenvalue weighted by Gasteiger charge is -2.11. The molecule has 5 aromatic rings. The average Bonchev–Trinajstić information content (AvgIpc) is 3.37. The minimum Gasteiger partial charge on any atom is -0.497 e. The molecule has 0 aliphatic heterocycles. The maximum absolute atomic E-state index is 6.03. The molecule has 0 bridgehead atoms. The van der Waals surface area contributed by atoms with Crippen LogP contribution in [0.3, 0.4) is 0 Å². The van der Waals surface area contributed by atoms with Crippen LogP contribution in [-0.4, -0.2) is 18.6 Å². The Balaban J connectivity index is 1.31. The van der Waals surface area contributed by atoms with Gasteiger partial charge in [0.15, 0.2) is 0 Å². The lowest BCUT2D eigenvalue weighted by Crippen LogP contribution is -2.11. The molecule has 5 nitrogen and oxygen atoms in total. The van der Waals surface area contributed by atoms with Crippen molar-refractivity contribution in [3.8, 4) is 21.9 Å². The highest BCUT2D eigenvalue weighted by Gasteiger charge is 2.10. The Labute approximate surface area is 215 Å². The zero-order chi connectivity index (χ0) is 24.7. The molecule has 0 aliphatic carbocycles. The Morgan fingerprint density at radius 2 is 1.67 bits per heavy atom. The van der Waals surface area contributed by atoms with E-state index in [9.17, 15) is 0 Å². The summed E-state index contributed by atoms with van der Waals surface area (Å²) in [5.74, 6) is 1.65. The van der Waals surface area contributed by atoms with Crippen molar-refractivity contribution in [1.29, 1.82) is 0 Å². The number of rotatable bonds is 10. The van der Waals surface area contributed by atoms with E-state index < -0.39 is 0 Å². The first kappa shape index (κ1) is 23.9. The Hall–Kier alpha value is -3.87. The number of anilines is 2. The lowest BCUT2D eigenvalue weighted by atomic mass is 10.1. The number of nitrogens with one attached hydrogen (secondary N) is 2. The van der Waals surface area contributed by atoms with Gasteiger partial charge in [0.1, 0.15) is 18.1 Å². The van der Waals surface area contributed by atoms with Crippen molar-refractivity contribution in [3.63, 3.8) is 0 Å². The summed E-state index contributed by atoms with van der Waals surface area (Å²) in [5, 5.41) is 6.93. The third-order valence-electron chi connectivity index (χ3n) is 5.91. The number of benzene rings is 3. The van der Waals surface area contributed by atoms with Gasteiger partial charge in [-0.15, -0.1) is 11.3 Å². The van der Waals surface area contributed by atoms with Crippen LogP contribution < -0.4 is 20.1 Å². The standard InChI is InChI=1S/C30H29N3O2S/c1-3-31-19-21-7-11-23(12-8-21)29-18-28-30(36-29)27(15-16-32-28)33-24-5-4-6-26(17-24)35-20-22-9-13-25(34-2)14-10-22/h4-18,31H,3,19-20H2,1-2H3,(H,32,33). The Kier molecular flexibility index (Phi) is 7.45. The second kappa shape index (κ2) is 11.2. The molecule has 0 atom stereocenters. The van der Waals surface area contributed by atoms with Crippen LogP contribution in [0.25, 0.3) is 20.7 Å². The second-order valence-corrected chi connectivity index (χ2v) is 9.50. The van der Waals surface area contributed by atoms with Gasteiger partial charge in [0.05, 0.1) is 23.0 Å². The highest BCUT2D eigenvalue weighted by Crippen LogP contribution is 2.37. The molecule has 2 aromatic heterocycles. The van der Waals surface area contributed by atoms with E-state index in [2.05, 4.69) is 52.9 Å². The molecule has 6 heteroatoms. The fraction of sp³-hybridized carbons (Fsp3) is 0.167. The van der Waals surface area contributed by atoms with Gasteiger partial charge in [-0.05, 0) is 59.6 Å². The van der Waals surface area contributed by atoms with Crippen molar-refractivity contribution in [3.05, 3.63) is 102 Å². The summed E-state index contributed by atoms with van der Waals surface area (Å²) in [4.78, 5) is 5.81. The van der Waals surface area contributed by atoms with E-state index in [-0.39, 0.29) is 0 Å². The number of methoxy groups -OCH3 is 1. The summed E-state index contributed by atoms with van der Waals surface area (Å²) in [6, 6.07) is 28.9. The van der Waals surface area contributed by atoms with E-state index in [0.29, 0.717) is 6.61 Å². The number of hydrogen-bond acceptors (Lipinski definition) is 6. The van der Waals surface area contributed by atoms with E-state index in [1.54, 1.807) is 18.4 Å². The average molecular weight is 496 g/mol. The van der Waals surface area contributed by atoms with Gasteiger partial charge < -0.3 is 20.1 Å². The Bertz CT molecular complexity index is 1430. The van der Waals surface area contributed by atoms with Gasteiger partial charge in [-0.2, -0.15) is 0 Å². The fourth-order valence-corrected chi connectivity index (χ4v) is 5.03. The number of aromatic nitrogens is 1. The summed E-state index contributed by atoms with van der Waals surface area (Å²) >= 11 is 1.75. The van der Waals surface area contributed by atoms with Gasteiger partial charge in [0.2, 0.25) is 0 Å². The predicted molar refractivity (Wildman–Crippen MR) is 149 cm³/mol. The quantitative estimate of drug-likeness (QED) is 0.211. The van der Waals surface area contributed by atoms with Gasteiger partial charge in [-0.3, -0.25) is 4.98 Å². The Morgan fingerprint density at radius 3 is 2.44 bits per heavy atom. The van der Waals surface area contributed by atoms with Crippen LogP contribution in [0.15, 0.2) is 91.1 Å². The fourth-order valence-electron chi connectivity index (χ4n) is 3.94. The zero-order valence-electron chi connectivity index (χ0n) is 20.5. The molecule has 0 saturated heterocycles. The molecule has 0 amide bonds. The molecule has 0 saturated carbocycles. The van der Waals surface area contributed by atoms with Crippen LogP contribution in [-0.2, 0) is 13.2 Å². The monoisotopic (exact) mass is 495 g/mol. The number of fused-ring (bicyclic) bond motifs is 1. The van der Waals surface area contributed by atoms with Crippen molar-refractivity contribution >= 4 is 32.9 Å². The van der Waals surface area contributed by atoms with Crippen LogP contribution in [0, 0.1) is 0 Å². The topological polar surface area (TPSA) is 55.4 Å². The second-order valence-electron chi connectivity index (χ2n) is 8.45. The largest absolute Gasteiger partial charge is 0.497 e. The highest BCUT2D eigenvalue weighted by atomic mass is 32.1.